The van der Waals surface area contributed by atoms with Crippen molar-refractivity contribution in [3.63, 3.8) is 0 Å². The summed E-state index contributed by atoms with van der Waals surface area (Å²) in [4.78, 5) is 9.37. The van der Waals surface area contributed by atoms with Crippen molar-refractivity contribution < 1.29 is 4.74 Å². The number of aryl methyl sites for hydroxylation is 4. The standard InChI is InChI=1S/C31H25N5OS/c1-19-34-27(18-38-19)23-6-4-5-20(13-23)7-12-24-14-25-26(15-29(24)37-3)33-17-28-30(25)31(35-36(28)2)22-10-8-21(16-32)9-11-22/h4-6,8-11,13-15,17-18H,7,12H2,1-3H3. The Morgan fingerprint density at radius 1 is 1.03 bits per heavy atom. The van der Waals surface area contributed by atoms with Crippen molar-refractivity contribution in [3.05, 3.63) is 93.9 Å². The third-order valence-electron chi connectivity index (χ3n) is 6.90. The van der Waals surface area contributed by atoms with Gasteiger partial charge in [0.1, 0.15) is 11.4 Å². The van der Waals surface area contributed by atoms with Gasteiger partial charge in [-0.2, -0.15) is 10.4 Å². The number of pyridine rings is 1. The maximum absolute atomic E-state index is 9.21. The Labute approximate surface area is 224 Å². The van der Waals surface area contributed by atoms with Crippen LogP contribution in [0.2, 0.25) is 0 Å². The van der Waals surface area contributed by atoms with Crippen LogP contribution < -0.4 is 4.74 Å². The van der Waals surface area contributed by atoms with E-state index in [2.05, 4.69) is 46.8 Å². The van der Waals surface area contributed by atoms with Crippen LogP contribution in [0.15, 0.2) is 72.2 Å². The first-order valence-electron chi connectivity index (χ1n) is 12.4. The van der Waals surface area contributed by atoms with E-state index in [4.69, 9.17) is 14.8 Å². The molecule has 3 aromatic carbocycles. The van der Waals surface area contributed by atoms with E-state index < -0.39 is 0 Å². The SMILES string of the molecule is COc1cc2ncc3c(c(-c4ccc(C#N)cc4)nn3C)c2cc1CCc1cccc(-c2csc(C)n2)c1. The van der Waals surface area contributed by atoms with Crippen LogP contribution in [0.1, 0.15) is 21.7 Å². The van der Waals surface area contributed by atoms with E-state index in [0.717, 1.165) is 73.5 Å². The molecule has 6 aromatic rings. The van der Waals surface area contributed by atoms with Crippen molar-refractivity contribution in [3.8, 4) is 34.3 Å². The first kappa shape index (κ1) is 23.8. The van der Waals surface area contributed by atoms with Gasteiger partial charge in [-0.25, -0.2) is 4.98 Å². The summed E-state index contributed by atoms with van der Waals surface area (Å²) in [6.07, 6.45) is 3.56. The van der Waals surface area contributed by atoms with Gasteiger partial charge in [-0.05, 0) is 55.2 Å². The average molecular weight is 516 g/mol. The normalized spacial score (nSPS) is 11.2. The van der Waals surface area contributed by atoms with Crippen LogP contribution in [0.25, 0.3) is 44.3 Å². The van der Waals surface area contributed by atoms with Crippen molar-refractivity contribution in [2.45, 2.75) is 19.8 Å². The molecule has 0 radical (unpaired) electrons. The number of nitriles is 1. The number of rotatable bonds is 6. The second kappa shape index (κ2) is 9.73. The summed E-state index contributed by atoms with van der Waals surface area (Å²) in [7, 11) is 3.64. The van der Waals surface area contributed by atoms with Crippen LogP contribution in [-0.4, -0.2) is 26.9 Å². The van der Waals surface area contributed by atoms with E-state index in [0.29, 0.717) is 5.56 Å². The van der Waals surface area contributed by atoms with Crippen LogP contribution in [0.4, 0.5) is 0 Å². The largest absolute Gasteiger partial charge is 0.496 e. The molecular weight excluding hydrogens is 490 g/mol. The zero-order valence-corrected chi connectivity index (χ0v) is 22.2. The summed E-state index contributed by atoms with van der Waals surface area (Å²) in [6, 6.07) is 22.6. The molecule has 3 aromatic heterocycles. The number of methoxy groups -OCH3 is 1. The molecule has 186 valence electrons. The second-order valence-electron chi connectivity index (χ2n) is 9.31. The molecule has 0 spiro atoms. The highest BCUT2D eigenvalue weighted by Crippen LogP contribution is 2.36. The topological polar surface area (TPSA) is 76.6 Å². The molecule has 0 N–H and O–H groups in total. The quantitative estimate of drug-likeness (QED) is 0.241. The van der Waals surface area contributed by atoms with Gasteiger partial charge >= 0.3 is 0 Å². The number of aromatic nitrogens is 4. The van der Waals surface area contributed by atoms with Crippen molar-refractivity contribution in [1.82, 2.24) is 19.7 Å². The van der Waals surface area contributed by atoms with Crippen LogP contribution in [0, 0.1) is 18.3 Å². The molecule has 0 unspecified atom stereocenters. The number of hydrogen-bond donors (Lipinski definition) is 0. The Kier molecular flexibility index (Phi) is 6.10. The summed E-state index contributed by atoms with van der Waals surface area (Å²) in [5, 5.41) is 19.3. The molecule has 6 nitrogen and oxygen atoms in total. The molecule has 3 heterocycles. The lowest BCUT2D eigenvalue weighted by atomic mass is 9.97. The summed E-state index contributed by atoms with van der Waals surface area (Å²) >= 11 is 1.67. The molecule has 0 aliphatic carbocycles. The summed E-state index contributed by atoms with van der Waals surface area (Å²) in [5.74, 6) is 0.833. The highest BCUT2D eigenvalue weighted by Gasteiger charge is 2.17. The molecule has 0 bridgehead atoms. The minimum Gasteiger partial charge on any atom is -0.496 e. The third kappa shape index (κ3) is 4.29. The van der Waals surface area contributed by atoms with Crippen molar-refractivity contribution >= 4 is 33.1 Å². The lowest BCUT2D eigenvalue weighted by Gasteiger charge is -2.12. The van der Waals surface area contributed by atoms with Gasteiger partial charge in [0, 0.05) is 40.4 Å². The molecule has 0 aliphatic rings. The van der Waals surface area contributed by atoms with Crippen molar-refractivity contribution in [2.75, 3.05) is 7.11 Å². The molecule has 0 atom stereocenters. The molecular formula is C31H25N5OS. The number of hydrogen-bond acceptors (Lipinski definition) is 6. The summed E-state index contributed by atoms with van der Waals surface area (Å²) in [5.41, 5.74) is 8.84. The van der Waals surface area contributed by atoms with Crippen LogP contribution in [0.3, 0.4) is 0 Å². The fraction of sp³-hybridized carbons (Fsp3) is 0.161. The second-order valence-corrected chi connectivity index (χ2v) is 10.4. The first-order chi connectivity index (χ1) is 18.5. The number of ether oxygens (including phenoxy) is 1. The predicted molar refractivity (Wildman–Crippen MR) is 152 cm³/mol. The molecule has 0 amide bonds. The summed E-state index contributed by atoms with van der Waals surface area (Å²) < 4.78 is 7.66. The first-order valence-corrected chi connectivity index (χ1v) is 13.3. The molecule has 0 saturated heterocycles. The Morgan fingerprint density at radius 3 is 2.61 bits per heavy atom. The van der Waals surface area contributed by atoms with E-state index >= 15 is 0 Å². The van der Waals surface area contributed by atoms with Crippen molar-refractivity contribution in [1.29, 1.82) is 5.26 Å². The number of nitrogens with zero attached hydrogens (tertiary/aromatic N) is 5. The van der Waals surface area contributed by atoms with Crippen molar-refractivity contribution in [2.24, 2.45) is 7.05 Å². The number of thiazole rings is 1. The molecule has 7 heteroatoms. The average Bonchev–Trinajstić information content (AvgIpc) is 3.54. The van der Waals surface area contributed by atoms with Crippen LogP contribution in [-0.2, 0) is 19.9 Å². The van der Waals surface area contributed by atoms with Crippen LogP contribution in [0.5, 0.6) is 5.75 Å². The Bertz CT molecular complexity index is 1840. The summed E-state index contributed by atoms with van der Waals surface area (Å²) in [6.45, 7) is 2.03. The van der Waals surface area contributed by atoms with Gasteiger partial charge in [-0.15, -0.1) is 11.3 Å². The van der Waals surface area contributed by atoms with E-state index in [9.17, 15) is 5.26 Å². The van der Waals surface area contributed by atoms with Gasteiger partial charge in [-0.3, -0.25) is 9.67 Å². The van der Waals surface area contributed by atoms with Gasteiger partial charge in [0.2, 0.25) is 0 Å². The van der Waals surface area contributed by atoms with Gasteiger partial charge in [0.15, 0.2) is 0 Å². The highest BCUT2D eigenvalue weighted by molar-refractivity contribution is 7.09. The minimum absolute atomic E-state index is 0.626. The van der Waals surface area contributed by atoms with Gasteiger partial charge < -0.3 is 4.74 Å². The monoisotopic (exact) mass is 515 g/mol. The van der Waals surface area contributed by atoms with Gasteiger partial charge in [-0.1, -0.05) is 30.3 Å². The van der Waals surface area contributed by atoms with Crippen LogP contribution >= 0.6 is 11.3 Å². The molecule has 38 heavy (non-hydrogen) atoms. The molecule has 0 saturated carbocycles. The van der Waals surface area contributed by atoms with Gasteiger partial charge in [0.25, 0.3) is 0 Å². The van der Waals surface area contributed by atoms with E-state index in [1.54, 1.807) is 18.4 Å². The minimum atomic E-state index is 0.626. The Morgan fingerprint density at radius 2 is 1.87 bits per heavy atom. The maximum Gasteiger partial charge on any atom is 0.124 e. The third-order valence-corrected chi connectivity index (χ3v) is 7.67. The highest BCUT2D eigenvalue weighted by atomic mass is 32.1. The van der Waals surface area contributed by atoms with Gasteiger partial charge in [0.05, 0.1) is 46.7 Å². The Balaban J connectivity index is 1.41. The molecule has 0 aliphatic heterocycles. The fourth-order valence-electron chi connectivity index (χ4n) is 4.95. The Hall–Kier alpha value is -4.54. The maximum atomic E-state index is 9.21. The zero-order valence-electron chi connectivity index (χ0n) is 21.4. The number of fused-ring (bicyclic) bond motifs is 3. The lowest BCUT2D eigenvalue weighted by Crippen LogP contribution is -1.97. The fourth-order valence-corrected chi connectivity index (χ4v) is 5.58. The van der Waals surface area contributed by atoms with E-state index in [1.807, 2.05) is 55.2 Å². The zero-order chi connectivity index (χ0) is 26.2. The van der Waals surface area contributed by atoms with E-state index in [-0.39, 0.29) is 0 Å². The lowest BCUT2D eigenvalue weighted by molar-refractivity contribution is 0.410. The number of benzene rings is 3. The molecule has 0 fully saturated rings. The molecule has 6 rings (SSSR count). The predicted octanol–water partition coefficient (Wildman–Crippen LogP) is 6.89. The van der Waals surface area contributed by atoms with E-state index in [1.165, 1.54) is 5.56 Å². The smallest absolute Gasteiger partial charge is 0.124 e.